The van der Waals surface area contributed by atoms with Gasteiger partial charge >= 0.3 is 0 Å². The third-order valence-electron chi connectivity index (χ3n) is 3.46. The van der Waals surface area contributed by atoms with Crippen LogP contribution in [0, 0.1) is 0 Å². The molecule has 8 heteroatoms. The lowest BCUT2D eigenvalue weighted by atomic mass is 10.2. The topological polar surface area (TPSA) is 109 Å². The minimum Gasteiger partial charge on any atom is -0.497 e. The number of anilines is 1. The third kappa shape index (κ3) is 3.86. The first-order valence-electron chi connectivity index (χ1n) is 7.47. The number of methoxy groups -OCH3 is 1. The van der Waals surface area contributed by atoms with Crippen molar-refractivity contribution in [2.75, 3.05) is 12.4 Å². The second kappa shape index (κ2) is 7.35. The Morgan fingerprint density at radius 1 is 1.20 bits per heavy atom. The molecule has 0 radical (unpaired) electrons. The van der Waals surface area contributed by atoms with Crippen molar-refractivity contribution in [2.45, 2.75) is 6.54 Å². The van der Waals surface area contributed by atoms with E-state index >= 15 is 0 Å². The van der Waals surface area contributed by atoms with Gasteiger partial charge in [0.1, 0.15) is 11.5 Å². The summed E-state index contributed by atoms with van der Waals surface area (Å²) in [5.74, 6) is 0.484. The van der Waals surface area contributed by atoms with E-state index in [0.717, 1.165) is 0 Å². The van der Waals surface area contributed by atoms with Gasteiger partial charge in [0, 0.05) is 11.8 Å². The average molecular weight is 340 g/mol. The highest BCUT2D eigenvalue weighted by Crippen LogP contribution is 2.16. The van der Waals surface area contributed by atoms with E-state index in [1.54, 1.807) is 43.5 Å². The zero-order valence-electron chi connectivity index (χ0n) is 13.4. The molecule has 3 aromatic rings. The van der Waals surface area contributed by atoms with E-state index < -0.39 is 5.91 Å². The fourth-order valence-electron chi connectivity index (χ4n) is 2.16. The van der Waals surface area contributed by atoms with Crippen molar-refractivity contribution < 1.29 is 18.7 Å². The molecule has 0 unspecified atom stereocenters. The van der Waals surface area contributed by atoms with Crippen LogP contribution >= 0.6 is 0 Å². The second-order valence-electron chi connectivity index (χ2n) is 5.09. The van der Waals surface area contributed by atoms with E-state index in [9.17, 15) is 9.59 Å². The summed E-state index contributed by atoms with van der Waals surface area (Å²) in [6, 6.07) is 10.1. The van der Waals surface area contributed by atoms with Crippen LogP contribution in [-0.2, 0) is 6.54 Å². The second-order valence-corrected chi connectivity index (χ2v) is 5.09. The summed E-state index contributed by atoms with van der Waals surface area (Å²) in [6.45, 7) is 0.227. The molecule has 128 valence electrons. The van der Waals surface area contributed by atoms with Crippen LogP contribution in [0.3, 0.4) is 0 Å². The van der Waals surface area contributed by atoms with Gasteiger partial charge in [0.05, 0.1) is 25.6 Å². The van der Waals surface area contributed by atoms with E-state index in [4.69, 9.17) is 9.15 Å². The number of aromatic nitrogens is 2. The lowest BCUT2D eigenvalue weighted by Gasteiger charge is -2.06. The molecule has 0 spiro atoms. The van der Waals surface area contributed by atoms with Crippen LogP contribution in [0.15, 0.2) is 53.3 Å². The van der Waals surface area contributed by atoms with E-state index in [0.29, 0.717) is 17.1 Å². The zero-order valence-corrected chi connectivity index (χ0v) is 13.4. The van der Waals surface area contributed by atoms with E-state index in [1.807, 2.05) is 0 Å². The first-order valence-corrected chi connectivity index (χ1v) is 7.47. The number of benzene rings is 1. The number of amides is 2. The number of aromatic amines is 1. The van der Waals surface area contributed by atoms with Gasteiger partial charge in [0.2, 0.25) is 0 Å². The molecular formula is C17H16N4O4. The van der Waals surface area contributed by atoms with Crippen LogP contribution in [0.4, 0.5) is 5.69 Å². The molecular weight excluding hydrogens is 324 g/mol. The highest BCUT2D eigenvalue weighted by Gasteiger charge is 2.17. The smallest absolute Gasteiger partial charge is 0.274 e. The molecule has 1 aromatic carbocycles. The van der Waals surface area contributed by atoms with E-state index in [-0.39, 0.29) is 23.8 Å². The standard InChI is InChI=1S/C17H16N4O4/c1-24-12-6-4-11(5-7-12)16(22)20-14-10-19-21-15(14)17(23)18-9-13-3-2-8-25-13/h2-8,10H,9H2,1H3,(H,18,23)(H,19,21)(H,20,22). The molecule has 8 nitrogen and oxygen atoms in total. The molecule has 2 aromatic heterocycles. The summed E-state index contributed by atoms with van der Waals surface area (Å²) in [6.07, 6.45) is 2.97. The van der Waals surface area contributed by atoms with Crippen molar-refractivity contribution in [1.82, 2.24) is 15.5 Å². The number of ether oxygens (including phenoxy) is 1. The van der Waals surface area contributed by atoms with Crippen LogP contribution in [-0.4, -0.2) is 29.1 Å². The number of H-pyrrole nitrogens is 1. The van der Waals surface area contributed by atoms with Crippen molar-refractivity contribution in [3.8, 4) is 5.75 Å². The number of hydrogen-bond donors (Lipinski definition) is 3. The minimum absolute atomic E-state index is 0.0911. The largest absolute Gasteiger partial charge is 0.497 e. The summed E-state index contributed by atoms with van der Waals surface area (Å²) in [5, 5.41) is 11.8. The number of nitrogens with zero attached hydrogens (tertiary/aromatic N) is 1. The van der Waals surface area contributed by atoms with Crippen molar-refractivity contribution in [1.29, 1.82) is 0 Å². The van der Waals surface area contributed by atoms with Crippen LogP contribution < -0.4 is 15.4 Å². The zero-order chi connectivity index (χ0) is 17.6. The Kier molecular flexibility index (Phi) is 4.79. The van der Waals surface area contributed by atoms with Gasteiger partial charge in [-0.05, 0) is 36.4 Å². The van der Waals surface area contributed by atoms with Crippen molar-refractivity contribution >= 4 is 17.5 Å². The Labute approximate surface area is 143 Å². The van der Waals surface area contributed by atoms with Crippen LogP contribution in [0.25, 0.3) is 0 Å². The summed E-state index contributed by atoms with van der Waals surface area (Å²) in [4.78, 5) is 24.5. The SMILES string of the molecule is COc1ccc(C(=O)Nc2c[nH]nc2C(=O)NCc2ccco2)cc1. The lowest BCUT2D eigenvalue weighted by Crippen LogP contribution is -2.24. The monoisotopic (exact) mass is 340 g/mol. The Hall–Kier alpha value is -3.55. The Balaban J connectivity index is 1.66. The average Bonchev–Trinajstić information content (AvgIpc) is 3.31. The molecule has 0 fully saturated rings. The van der Waals surface area contributed by atoms with Crippen LogP contribution in [0.1, 0.15) is 26.6 Å². The Morgan fingerprint density at radius 3 is 2.68 bits per heavy atom. The molecule has 2 amide bonds. The van der Waals surface area contributed by atoms with Crippen molar-refractivity contribution in [3.63, 3.8) is 0 Å². The fourth-order valence-corrected chi connectivity index (χ4v) is 2.16. The molecule has 2 heterocycles. The fraction of sp³-hybridized carbons (Fsp3) is 0.118. The van der Waals surface area contributed by atoms with Gasteiger partial charge in [-0.2, -0.15) is 5.10 Å². The maximum atomic E-state index is 12.3. The normalized spacial score (nSPS) is 10.3. The molecule has 3 N–H and O–H groups in total. The van der Waals surface area contributed by atoms with Gasteiger partial charge in [-0.1, -0.05) is 0 Å². The summed E-state index contributed by atoms with van der Waals surface area (Å²) in [5.41, 5.74) is 0.815. The molecule has 0 aliphatic rings. The van der Waals surface area contributed by atoms with Gasteiger partial charge in [-0.25, -0.2) is 0 Å². The summed E-state index contributed by atoms with van der Waals surface area (Å²) < 4.78 is 10.2. The summed E-state index contributed by atoms with van der Waals surface area (Å²) >= 11 is 0. The number of carbonyl (C=O) groups is 2. The van der Waals surface area contributed by atoms with Crippen LogP contribution in [0.5, 0.6) is 5.75 Å². The van der Waals surface area contributed by atoms with Crippen molar-refractivity contribution in [2.24, 2.45) is 0 Å². The van der Waals surface area contributed by atoms with Crippen LogP contribution in [0.2, 0.25) is 0 Å². The van der Waals surface area contributed by atoms with Gasteiger partial charge in [0.15, 0.2) is 5.69 Å². The van der Waals surface area contributed by atoms with E-state index in [2.05, 4.69) is 20.8 Å². The van der Waals surface area contributed by atoms with E-state index in [1.165, 1.54) is 12.5 Å². The maximum absolute atomic E-state index is 12.3. The molecule has 0 bridgehead atoms. The lowest BCUT2D eigenvalue weighted by molar-refractivity contribution is 0.0944. The molecule has 0 saturated carbocycles. The highest BCUT2D eigenvalue weighted by molar-refractivity contribution is 6.08. The molecule has 0 atom stereocenters. The maximum Gasteiger partial charge on any atom is 0.274 e. The highest BCUT2D eigenvalue weighted by atomic mass is 16.5. The number of nitrogens with one attached hydrogen (secondary N) is 3. The molecule has 3 rings (SSSR count). The van der Waals surface area contributed by atoms with Gasteiger partial charge in [0.25, 0.3) is 11.8 Å². The minimum atomic E-state index is -0.428. The Bertz CT molecular complexity index is 853. The first kappa shape index (κ1) is 16.3. The van der Waals surface area contributed by atoms with Gasteiger partial charge < -0.3 is 19.8 Å². The number of carbonyl (C=O) groups excluding carboxylic acids is 2. The molecule has 0 saturated heterocycles. The molecule has 0 aliphatic heterocycles. The molecule has 0 aliphatic carbocycles. The third-order valence-corrected chi connectivity index (χ3v) is 3.46. The van der Waals surface area contributed by atoms with Crippen molar-refractivity contribution in [3.05, 3.63) is 65.9 Å². The number of hydrogen-bond acceptors (Lipinski definition) is 5. The number of furan rings is 1. The predicted molar refractivity (Wildman–Crippen MR) is 89.4 cm³/mol. The summed E-state index contributed by atoms with van der Waals surface area (Å²) in [7, 11) is 1.55. The molecule has 25 heavy (non-hydrogen) atoms. The Morgan fingerprint density at radius 2 is 2.00 bits per heavy atom. The first-order chi connectivity index (χ1) is 12.2. The quantitative estimate of drug-likeness (QED) is 0.637. The number of rotatable bonds is 6. The van der Waals surface area contributed by atoms with Gasteiger partial charge in [-0.15, -0.1) is 0 Å². The van der Waals surface area contributed by atoms with Gasteiger partial charge in [-0.3, -0.25) is 14.7 Å². The predicted octanol–water partition coefficient (Wildman–Crippen LogP) is 2.19.